The van der Waals surface area contributed by atoms with Gasteiger partial charge in [0.15, 0.2) is 0 Å². The molecule has 0 saturated carbocycles. The Morgan fingerprint density at radius 1 is 1.00 bits per heavy atom. The van der Waals surface area contributed by atoms with Crippen molar-refractivity contribution >= 4 is 21.6 Å². The second-order valence-electron chi connectivity index (χ2n) is 12.3. The first kappa shape index (κ1) is 34.0. The fraction of sp³-hybridized carbons (Fsp3) is 0.324. The van der Waals surface area contributed by atoms with E-state index in [0.29, 0.717) is 42.4 Å². The normalized spacial score (nSPS) is 17.6. The second kappa shape index (κ2) is 15.0. The van der Waals surface area contributed by atoms with E-state index in [9.17, 15) is 18.3 Å². The van der Waals surface area contributed by atoms with Gasteiger partial charge in [-0.25, -0.2) is 8.42 Å². The zero-order chi connectivity index (χ0) is 33.6. The van der Waals surface area contributed by atoms with Gasteiger partial charge in [-0.05, 0) is 73.1 Å². The molecule has 0 aromatic heterocycles. The van der Waals surface area contributed by atoms with E-state index in [1.807, 2.05) is 32.2 Å². The summed E-state index contributed by atoms with van der Waals surface area (Å²) < 4.78 is 40.7. The lowest BCUT2D eigenvalue weighted by Crippen LogP contribution is -2.47. The van der Waals surface area contributed by atoms with E-state index < -0.39 is 10.0 Å². The topological polar surface area (TPSA) is 108 Å². The highest BCUT2D eigenvalue weighted by Crippen LogP contribution is 2.30. The summed E-state index contributed by atoms with van der Waals surface area (Å²) in [5.41, 5.74) is 4.39. The van der Waals surface area contributed by atoms with Crippen LogP contribution >= 0.6 is 0 Å². The van der Waals surface area contributed by atoms with Crippen molar-refractivity contribution < 1.29 is 27.8 Å². The number of ether oxygens (including phenoxy) is 2. The highest BCUT2D eigenvalue weighted by molar-refractivity contribution is 7.92. The van der Waals surface area contributed by atoms with E-state index in [0.717, 1.165) is 5.56 Å². The molecule has 1 aliphatic heterocycles. The first-order valence-corrected chi connectivity index (χ1v) is 17.2. The Labute approximate surface area is 277 Å². The van der Waals surface area contributed by atoms with Gasteiger partial charge in [-0.15, -0.1) is 0 Å². The van der Waals surface area contributed by atoms with E-state index in [1.54, 1.807) is 35.2 Å². The number of nitrogens with one attached hydrogen (secondary N) is 1. The zero-order valence-electron chi connectivity index (χ0n) is 27.3. The van der Waals surface area contributed by atoms with Crippen molar-refractivity contribution in [3.63, 3.8) is 0 Å². The number of anilines is 1. The molecule has 1 heterocycles. The molecule has 47 heavy (non-hydrogen) atoms. The van der Waals surface area contributed by atoms with Crippen LogP contribution in [0.5, 0.6) is 11.5 Å². The number of likely N-dealkylation sites (N-methyl/N-ethyl adjacent to an activating group) is 1. The number of benzene rings is 4. The lowest BCUT2D eigenvalue weighted by atomic mass is 10.0. The quantitative estimate of drug-likeness (QED) is 0.221. The van der Waals surface area contributed by atoms with Crippen molar-refractivity contribution in [2.24, 2.45) is 5.92 Å². The van der Waals surface area contributed by atoms with Gasteiger partial charge in [-0.2, -0.15) is 0 Å². The van der Waals surface area contributed by atoms with Crippen molar-refractivity contribution in [1.29, 1.82) is 0 Å². The van der Waals surface area contributed by atoms with Crippen molar-refractivity contribution in [2.45, 2.75) is 43.9 Å². The smallest absolute Gasteiger partial charge is 0.261 e. The van der Waals surface area contributed by atoms with E-state index in [2.05, 4.69) is 52.9 Å². The molecular weight excluding hydrogens is 614 g/mol. The number of methoxy groups -OCH3 is 1. The molecule has 248 valence electrons. The molecule has 3 atom stereocenters. The number of carbonyl (C=O) groups excluding carboxylic acids is 1. The maximum absolute atomic E-state index is 13.6. The molecule has 5 rings (SSSR count). The molecule has 0 unspecified atom stereocenters. The van der Waals surface area contributed by atoms with Crippen LogP contribution in [0, 0.1) is 5.92 Å². The van der Waals surface area contributed by atoms with Gasteiger partial charge in [0, 0.05) is 36.8 Å². The fourth-order valence-corrected chi connectivity index (χ4v) is 6.85. The monoisotopic (exact) mass is 657 g/mol. The number of amides is 1. The van der Waals surface area contributed by atoms with Gasteiger partial charge >= 0.3 is 0 Å². The van der Waals surface area contributed by atoms with Crippen LogP contribution in [0.15, 0.2) is 102 Å². The third kappa shape index (κ3) is 8.51. The molecule has 0 saturated heterocycles. The Morgan fingerprint density at radius 3 is 2.34 bits per heavy atom. The van der Waals surface area contributed by atoms with E-state index in [-0.39, 0.29) is 41.9 Å². The Morgan fingerprint density at radius 2 is 1.68 bits per heavy atom. The standard InChI is InChI=1S/C37H43N3O6S/c1-26-22-40(27(2)25-41)37(42)21-31-20-32(38-47(43,44)34-17-15-33(45-4)16-18-34)14-19-35(31)46-36(26)24-39(3)23-28-10-12-30(13-11-28)29-8-6-5-7-9-29/h5-20,26-27,36,38,41H,21-25H2,1-4H3/t26-,27-,36-/m1/s1. The lowest BCUT2D eigenvalue weighted by molar-refractivity contribution is -0.134. The summed E-state index contributed by atoms with van der Waals surface area (Å²) >= 11 is 0. The third-order valence-corrected chi connectivity index (χ3v) is 9.94. The summed E-state index contributed by atoms with van der Waals surface area (Å²) in [5.74, 6) is 0.858. The van der Waals surface area contributed by atoms with Crippen LogP contribution in [0.2, 0.25) is 0 Å². The minimum absolute atomic E-state index is 0.000813. The van der Waals surface area contributed by atoms with E-state index in [4.69, 9.17) is 9.47 Å². The van der Waals surface area contributed by atoms with E-state index in [1.165, 1.54) is 30.4 Å². The third-order valence-electron chi connectivity index (χ3n) is 8.54. The molecule has 1 aliphatic rings. The van der Waals surface area contributed by atoms with Crippen molar-refractivity contribution in [1.82, 2.24) is 9.80 Å². The number of fused-ring (bicyclic) bond motifs is 1. The number of rotatable bonds is 11. The molecule has 0 radical (unpaired) electrons. The molecule has 0 aliphatic carbocycles. The summed E-state index contributed by atoms with van der Waals surface area (Å²) in [4.78, 5) is 17.6. The number of nitrogens with zero attached hydrogens (tertiary/aromatic N) is 2. The van der Waals surface area contributed by atoms with Crippen LogP contribution in [0.25, 0.3) is 11.1 Å². The molecule has 0 spiro atoms. The van der Waals surface area contributed by atoms with Gasteiger partial charge in [0.2, 0.25) is 5.91 Å². The van der Waals surface area contributed by atoms with Crippen LogP contribution in [-0.2, 0) is 27.8 Å². The summed E-state index contributed by atoms with van der Waals surface area (Å²) in [6, 6.07) is 29.6. The Bertz CT molecular complexity index is 1750. The number of hydrogen-bond donors (Lipinski definition) is 2. The molecule has 9 nitrogen and oxygen atoms in total. The average Bonchev–Trinajstić information content (AvgIpc) is 3.12. The molecule has 4 aromatic rings. The van der Waals surface area contributed by atoms with Gasteiger partial charge in [0.25, 0.3) is 10.0 Å². The minimum Gasteiger partial charge on any atom is -0.497 e. The Balaban J connectivity index is 1.37. The Kier molecular flexibility index (Phi) is 10.9. The minimum atomic E-state index is -3.90. The van der Waals surface area contributed by atoms with Crippen LogP contribution in [-0.4, -0.2) is 75.2 Å². The van der Waals surface area contributed by atoms with Gasteiger partial charge in [-0.3, -0.25) is 14.4 Å². The molecule has 0 fully saturated rings. The number of aliphatic hydroxyl groups excluding tert-OH is 1. The molecular formula is C37H43N3O6S. The summed E-state index contributed by atoms with van der Waals surface area (Å²) in [6.07, 6.45) is -0.288. The number of aliphatic hydroxyl groups is 1. The predicted molar refractivity (Wildman–Crippen MR) is 184 cm³/mol. The maximum Gasteiger partial charge on any atom is 0.261 e. The van der Waals surface area contributed by atoms with Crippen LogP contribution in [0.3, 0.4) is 0 Å². The summed E-state index contributed by atoms with van der Waals surface area (Å²) in [5, 5.41) is 9.98. The SMILES string of the molecule is COc1ccc(S(=O)(=O)Nc2ccc3c(c2)CC(=O)N([C@H](C)CO)C[C@@H](C)[C@@H](CN(C)Cc2ccc(-c4ccccc4)cc2)O3)cc1. The second-order valence-corrected chi connectivity index (χ2v) is 13.9. The van der Waals surface area contributed by atoms with Crippen molar-refractivity contribution in [2.75, 3.05) is 38.6 Å². The van der Waals surface area contributed by atoms with Crippen LogP contribution in [0.1, 0.15) is 25.0 Å². The van der Waals surface area contributed by atoms with Crippen molar-refractivity contribution in [3.8, 4) is 22.6 Å². The average molecular weight is 658 g/mol. The lowest BCUT2D eigenvalue weighted by Gasteiger charge is -2.34. The van der Waals surface area contributed by atoms with Crippen LogP contribution in [0.4, 0.5) is 5.69 Å². The fourth-order valence-electron chi connectivity index (χ4n) is 5.80. The van der Waals surface area contributed by atoms with Gasteiger partial charge in [0.05, 0.1) is 31.1 Å². The molecule has 2 N–H and O–H groups in total. The van der Waals surface area contributed by atoms with E-state index >= 15 is 0 Å². The van der Waals surface area contributed by atoms with Crippen molar-refractivity contribution in [3.05, 3.63) is 108 Å². The predicted octanol–water partition coefficient (Wildman–Crippen LogP) is 5.44. The van der Waals surface area contributed by atoms with Gasteiger partial charge < -0.3 is 19.5 Å². The number of sulfonamides is 1. The largest absolute Gasteiger partial charge is 0.497 e. The van der Waals surface area contributed by atoms with Gasteiger partial charge in [-0.1, -0.05) is 61.5 Å². The van der Waals surface area contributed by atoms with Crippen LogP contribution < -0.4 is 14.2 Å². The molecule has 10 heteroatoms. The number of carbonyl (C=O) groups is 1. The molecule has 1 amide bonds. The molecule has 0 bridgehead atoms. The highest BCUT2D eigenvalue weighted by atomic mass is 32.2. The van der Waals surface area contributed by atoms with Gasteiger partial charge in [0.1, 0.15) is 17.6 Å². The maximum atomic E-state index is 13.6. The highest BCUT2D eigenvalue weighted by Gasteiger charge is 2.31. The first-order chi connectivity index (χ1) is 22.6. The zero-order valence-corrected chi connectivity index (χ0v) is 28.1. The number of hydrogen-bond acceptors (Lipinski definition) is 7. The Hall–Kier alpha value is -4.38. The first-order valence-electron chi connectivity index (χ1n) is 15.8. The summed E-state index contributed by atoms with van der Waals surface area (Å²) in [7, 11) is -0.333. The molecule has 4 aromatic carbocycles. The summed E-state index contributed by atoms with van der Waals surface area (Å²) in [6.45, 7) is 5.41.